The number of carboxylic acids is 1. The van der Waals surface area contributed by atoms with E-state index >= 15 is 0 Å². The second-order valence-electron chi connectivity index (χ2n) is 10.2. The Bertz CT molecular complexity index is 1200. The van der Waals surface area contributed by atoms with Crippen LogP contribution in [0.2, 0.25) is 0 Å². The van der Waals surface area contributed by atoms with Crippen molar-refractivity contribution in [1.29, 1.82) is 0 Å². The van der Waals surface area contributed by atoms with Gasteiger partial charge in [0.1, 0.15) is 13.2 Å². The van der Waals surface area contributed by atoms with E-state index in [1.807, 2.05) is 93.6 Å². The summed E-state index contributed by atoms with van der Waals surface area (Å²) in [6.45, 7) is 6.40. The number of carbonyl (C=O) groups excluding carboxylic acids is 2. The molecule has 0 heterocycles. The molecule has 0 bridgehead atoms. The number of hydrogen-bond acceptors (Lipinski definition) is 5. The molecule has 194 valence electrons. The Morgan fingerprint density at radius 3 is 1.89 bits per heavy atom. The summed E-state index contributed by atoms with van der Waals surface area (Å²) in [6.07, 6.45) is 0.232. The molecule has 6 nitrogen and oxygen atoms in total. The molecule has 3 aromatic carbocycles. The van der Waals surface area contributed by atoms with Crippen molar-refractivity contribution in [2.45, 2.75) is 58.7 Å². The summed E-state index contributed by atoms with van der Waals surface area (Å²) in [5.74, 6) is -2.55. The van der Waals surface area contributed by atoms with E-state index in [1.54, 1.807) is 6.07 Å². The highest BCUT2D eigenvalue weighted by Crippen LogP contribution is 2.27. The summed E-state index contributed by atoms with van der Waals surface area (Å²) < 4.78 is 11.1. The van der Waals surface area contributed by atoms with Crippen LogP contribution in [0.4, 0.5) is 0 Å². The first-order valence-corrected chi connectivity index (χ1v) is 12.4. The van der Waals surface area contributed by atoms with Gasteiger partial charge in [-0.15, -0.1) is 0 Å². The first-order chi connectivity index (χ1) is 17.6. The molecule has 0 aliphatic rings. The fraction of sp³-hybridized carbons (Fsp3) is 0.323. The number of ether oxygens (including phenoxy) is 2. The van der Waals surface area contributed by atoms with Crippen molar-refractivity contribution < 1.29 is 29.0 Å². The van der Waals surface area contributed by atoms with Gasteiger partial charge in [0.25, 0.3) is 0 Å². The molecule has 37 heavy (non-hydrogen) atoms. The van der Waals surface area contributed by atoms with Crippen LogP contribution in [0.1, 0.15) is 66.2 Å². The van der Waals surface area contributed by atoms with Crippen LogP contribution in [0, 0.1) is 5.92 Å². The lowest BCUT2D eigenvalue weighted by molar-refractivity contribution is -0.150. The second-order valence-corrected chi connectivity index (χ2v) is 10.2. The Labute approximate surface area is 218 Å². The third-order valence-electron chi connectivity index (χ3n) is 6.05. The molecule has 0 spiro atoms. The zero-order valence-electron chi connectivity index (χ0n) is 21.6. The van der Waals surface area contributed by atoms with Crippen LogP contribution in [-0.2, 0) is 44.1 Å². The quantitative estimate of drug-likeness (QED) is 0.318. The van der Waals surface area contributed by atoms with Crippen LogP contribution in [0.25, 0.3) is 0 Å². The predicted octanol–water partition coefficient (Wildman–Crippen LogP) is 6.11. The number of aliphatic carboxylic acids is 1. The molecule has 0 saturated carbocycles. The summed E-state index contributed by atoms with van der Waals surface area (Å²) >= 11 is 0. The van der Waals surface area contributed by atoms with Gasteiger partial charge in [-0.25, -0.2) is 4.79 Å². The highest BCUT2D eigenvalue weighted by atomic mass is 16.5. The van der Waals surface area contributed by atoms with Gasteiger partial charge in [0.15, 0.2) is 0 Å². The predicted molar refractivity (Wildman–Crippen MR) is 141 cm³/mol. The van der Waals surface area contributed by atoms with Gasteiger partial charge in [-0.2, -0.15) is 0 Å². The summed E-state index contributed by atoms with van der Waals surface area (Å²) in [7, 11) is 0. The lowest BCUT2D eigenvalue weighted by Crippen LogP contribution is -2.22. The maximum Gasteiger partial charge on any atom is 0.338 e. The average molecular weight is 503 g/mol. The zero-order valence-corrected chi connectivity index (χ0v) is 21.6. The van der Waals surface area contributed by atoms with E-state index in [-0.39, 0.29) is 37.9 Å². The lowest BCUT2D eigenvalue weighted by atomic mass is 9.83. The standard InChI is InChI=1S/C31H34O6/c1-31(2,3)27-18-24(17-26(19-27)30(35)37-21-23-12-8-5-9-13-23)16-25(14-15-28(32)33)29(34)36-20-22-10-6-4-7-11-22/h4-13,17-19,25H,14-16,20-21H2,1-3H3,(H,32,33). The van der Waals surface area contributed by atoms with Crippen molar-refractivity contribution in [2.75, 3.05) is 0 Å². The van der Waals surface area contributed by atoms with Crippen molar-refractivity contribution in [1.82, 2.24) is 0 Å². The summed E-state index contributed by atoms with van der Waals surface area (Å²) in [5.41, 5.74) is 3.56. The average Bonchev–Trinajstić information content (AvgIpc) is 2.88. The number of carbonyl (C=O) groups is 3. The summed E-state index contributed by atoms with van der Waals surface area (Å²) in [5, 5.41) is 9.23. The van der Waals surface area contributed by atoms with Crippen molar-refractivity contribution in [3.8, 4) is 0 Å². The van der Waals surface area contributed by atoms with Crippen molar-refractivity contribution >= 4 is 17.9 Å². The van der Waals surface area contributed by atoms with E-state index in [9.17, 15) is 19.5 Å². The molecular weight excluding hydrogens is 468 g/mol. The Morgan fingerprint density at radius 1 is 0.784 bits per heavy atom. The summed E-state index contributed by atoms with van der Waals surface area (Å²) in [6, 6.07) is 24.3. The van der Waals surface area contributed by atoms with Crippen LogP contribution >= 0.6 is 0 Å². The molecule has 0 aliphatic heterocycles. The SMILES string of the molecule is CC(C)(C)c1cc(CC(CCC(=O)O)C(=O)OCc2ccccc2)cc(C(=O)OCc2ccccc2)c1. The molecule has 1 atom stereocenters. The van der Waals surface area contributed by atoms with Crippen molar-refractivity contribution in [3.05, 3.63) is 107 Å². The number of benzene rings is 3. The van der Waals surface area contributed by atoms with Crippen molar-refractivity contribution in [3.63, 3.8) is 0 Å². The Morgan fingerprint density at radius 2 is 1.35 bits per heavy atom. The van der Waals surface area contributed by atoms with Crippen LogP contribution in [0.5, 0.6) is 0 Å². The second kappa shape index (κ2) is 12.9. The van der Waals surface area contributed by atoms with E-state index in [1.165, 1.54) is 0 Å². The molecule has 3 rings (SSSR count). The van der Waals surface area contributed by atoms with Gasteiger partial charge < -0.3 is 14.6 Å². The Kier molecular flexibility index (Phi) is 9.61. The highest BCUT2D eigenvalue weighted by molar-refractivity contribution is 5.90. The largest absolute Gasteiger partial charge is 0.481 e. The minimum atomic E-state index is -0.977. The number of hydrogen-bond donors (Lipinski definition) is 1. The normalized spacial score (nSPS) is 12.0. The van der Waals surface area contributed by atoms with Gasteiger partial charge in [0.2, 0.25) is 0 Å². The van der Waals surface area contributed by atoms with Gasteiger partial charge in [-0.1, -0.05) is 87.5 Å². The molecule has 0 radical (unpaired) electrons. The number of esters is 2. The molecule has 1 unspecified atom stereocenters. The monoisotopic (exact) mass is 502 g/mol. The highest BCUT2D eigenvalue weighted by Gasteiger charge is 2.24. The molecule has 0 fully saturated rings. The summed E-state index contributed by atoms with van der Waals surface area (Å²) in [4.78, 5) is 37.2. The topological polar surface area (TPSA) is 89.9 Å². The minimum absolute atomic E-state index is 0.113. The first kappa shape index (κ1) is 27.7. The van der Waals surface area contributed by atoms with Crippen LogP contribution in [0.15, 0.2) is 78.9 Å². The van der Waals surface area contributed by atoms with Gasteiger partial charge in [-0.05, 0) is 52.6 Å². The van der Waals surface area contributed by atoms with Gasteiger partial charge in [0, 0.05) is 6.42 Å². The van der Waals surface area contributed by atoms with Gasteiger partial charge >= 0.3 is 17.9 Å². The Hall–Kier alpha value is -3.93. The van der Waals surface area contributed by atoms with E-state index < -0.39 is 23.8 Å². The van der Waals surface area contributed by atoms with E-state index in [0.29, 0.717) is 5.56 Å². The molecule has 1 N–H and O–H groups in total. The molecule has 0 amide bonds. The molecule has 0 aromatic heterocycles. The molecule has 0 saturated heterocycles. The van der Waals surface area contributed by atoms with E-state index in [0.717, 1.165) is 22.3 Å². The maximum atomic E-state index is 13.0. The van der Waals surface area contributed by atoms with E-state index in [4.69, 9.17) is 9.47 Å². The third kappa shape index (κ3) is 8.90. The fourth-order valence-corrected chi connectivity index (χ4v) is 3.90. The zero-order chi connectivity index (χ0) is 26.8. The van der Waals surface area contributed by atoms with Gasteiger partial charge in [-0.3, -0.25) is 9.59 Å². The smallest absolute Gasteiger partial charge is 0.338 e. The maximum absolute atomic E-state index is 13.0. The molecular formula is C31H34O6. The van der Waals surface area contributed by atoms with Crippen LogP contribution in [0.3, 0.4) is 0 Å². The van der Waals surface area contributed by atoms with Crippen molar-refractivity contribution in [2.24, 2.45) is 5.92 Å². The molecule has 6 heteroatoms. The Balaban J connectivity index is 1.81. The minimum Gasteiger partial charge on any atom is -0.481 e. The molecule has 3 aromatic rings. The fourth-order valence-electron chi connectivity index (χ4n) is 3.90. The van der Waals surface area contributed by atoms with Crippen LogP contribution < -0.4 is 0 Å². The number of carboxylic acid groups (broad SMARTS) is 1. The van der Waals surface area contributed by atoms with Crippen LogP contribution in [-0.4, -0.2) is 23.0 Å². The number of rotatable bonds is 11. The lowest BCUT2D eigenvalue weighted by Gasteiger charge is -2.22. The van der Waals surface area contributed by atoms with Gasteiger partial charge in [0.05, 0.1) is 11.5 Å². The third-order valence-corrected chi connectivity index (χ3v) is 6.05. The molecule has 0 aliphatic carbocycles. The first-order valence-electron chi connectivity index (χ1n) is 12.4. The van der Waals surface area contributed by atoms with E-state index in [2.05, 4.69) is 0 Å².